The van der Waals surface area contributed by atoms with E-state index in [9.17, 15) is 8.42 Å². The van der Waals surface area contributed by atoms with Gasteiger partial charge in [-0.3, -0.25) is 0 Å². The maximum absolute atomic E-state index is 10.9. The standard InChI is InChI=1S/C7H9ClN2O2S.ClH/c8-7-3-6(13(10,11)12)2-1-5(7)4-9;/h1-3H,4,9H2,(H2,10,11,12);1H. The van der Waals surface area contributed by atoms with E-state index < -0.39 is 10.0 Å². The van der Waals surface area contributed by atoms with E-state index >= 15 is 0 Å². The van der Waals surface area contributed by atoms with Crippen LogP contribution in [0.5, 0.6) is 0 Å². The average molecular weight is 257 g/mol. The highest BCUT2D eigenvalue weighted by atomic mass is 35.5. The zero-order valence-electron chi connectivity index (χ0n) is 7.10. The molecule has 0 aliphatic rings. The summed E-state index contributed by atoms with van der Waals surface area (Å²) in [5.41, 5.74) is 6.03. The molecule has 0 unspecified atom stereocenters. The zero-order valence-corrected chi connectivity index (χ0v) is 9.49. The van der Waals surface area contributed by atoms with Crippen molar-refractivity contribution in [3.05, 3.63) is 28.8 Å². The van der Waals surface area contributed by atoms with Gasteiger partial charge in [0, 0.05) is 11.6 Å². The van der Waals surface area contributed by atoms with Crippen molar-refractivity contribution in [3.63, 3.8) is 0 Å². The third-order valence-corrected chi connectivity index (χ3v) is 2.84. The molecule has 7 heteroatoms. The first-order valence-electron chi connectivity index (χ1n) is 3.46. The van der Waals surface area contributed by atoms with E-state index in [-0.39, 0.29) is 23.8 Å². The Labute approximate surface area is 93.7 Å². The van der Waals surface area contributed by atoms with E-state index in [2.05, 4.69) is 0 Å². The molecule has 0 amide bonds. The first-order chi connectivity index (χ1) is 5.95. The molecule has 1 aromatic rings. The van der Waals surface area contributed by atoms with Gasteiger partial charge >= 0.3 is 0 Å². The summed E-state index contributed by atoms with van der Waals surface area (Å²) in [6.45, 7) is 0.268. The number of primary sulfonamides is 1. The molecule has 1 rings (SSSR count). The van der Waals surface area contributed by atoms with E-state index in [1.54, 1.807) is 6.07 Å². The number of hydrogen-bond donors (Lipinski definition) is 2. The normalized spacial score (nSPS) is 10.8. The van der Waals surface area contributed by atoms with Gasteiger partial charge in [-0.2, -0.15) is 0 Å². The molecular weight excluding hydrogens is 247 g/mol. The van der Waals surface area contributed by atoms with Gasteiger partial charge in [-0.25, -0.2) is 13.6 Å². The van der Waals surface area contributed by atoms with Crippen LogP contribution in [0.15, 0.2) is 23.1 Å². The Kier molecular flexibility index (Phi) is 4.83. The lowest BCUT2D eigenvalue weighted by Crippen LogP contribution is -2.12. The smallest absolute Gasteiger partial charge is 0.238 e. The zero-order chi connectivity index (χ0) is 10.1. The molecule has 0 bridgehead atoms. The lowest BCUT2D eigenvalue weighted by Gasteiger charge is -2.02. The Morgan fingerprint density at radius 1 is 1.36 bits per heavy atom. The summed E-state index contributed by atoms with van der Waals surface area (Å²) in [5.74, 6) is 0. The van der Waals surface area contributed by atoms with Crippen LogP contribution in [0.25, 0.3) is 0 Å². The summed E-state index contributed by atoms with van der Waals surface area (Å²) in [6.07, 6.45) is 0. The number of rotatable bonds is 2. The molecule has 14 heavy (non-hydrogen) atoms. The van der Waals surface area contributed by atoms with Crippen LogP contribution in [0.1, 0.15) is 5.56 Å². The molecule has 0 saturated carbocycles. The summed E-state index contributed by atoms with van der Waals surface area (Å²) in [4.78, 5) is -0.00491. The minimum absolute atomic E-state index is 0. The summed E-state index contributed by atoms with van der Waals surface area (Å²) in [7, 11) is -3.68. The van der Waals surface area contributed by atoms with Crippen molar-refractivity contribution >= 4 is 34.0 Å². The third kappa shape index (κ3) is 3.11. The van der Waals surface area contributed by atoms with Crippen LogP contribution in [0.2, 0.25) is 5.02 Å². The molecule has 0 aliphatic carbocycles. The van der Waals surface area contributed by atoms with Crippen molar-refractivity contribution in [1.82, 2.24) is 0 Å². The minimum atomic E-state index is -3.68. The summed E-state index contributed by atoms with van der Waals surface area (Å²) >= 11 is 5.74. The minimum Gasteiger partial charge on any atom is -0.326 e. The van der Waals surface area contributed by atoms with Crippen molar-refractivity contribution in [2.75, 3.05) is 0 Å². The SMILES string of the molecule is Cl.NCc1ccc(S(N)(=O)=O)cc1Cl. The summed E-state index contributed by atoms with van der Waals surface area (Å²) in [5, 5.41) is 5.21. The fourth-order valence-corrected chi connectivity index (χ4v) is 1.73. The molecule has 1 aromatic carbocycles. The summed E-state index contributed by atoms with van der Waals surface area (Å²) in [6, 6.07) is 4.21. The van der Waals surface area contributed by atoms with Gasteiger partial charge in [0.25, 0.3) is 0 Å². The molecule has 0 fully saturated rings. The fourth-order valence-electron chi connectivity index (χ4n) is 0.871. The van der Waals surface area contributed by atoms with E-state index in [4.69, 9.17) is 22.5 Å². The molecule has 0 saturated heterocycles. The van der Waals surface area contributed by atoms with E-state index in [0.29, 0.717) is 10.6 Å². The second-order valence-electron chi connectivity index (χ2n) is 2.50. The fraction of sp³-hybridized carbons (Fsp3) is 0.143. The average Bonchev–Trinajstić information content (AvgIpc) is 2.02. The van der Waals surface area contributed by atoms with Crippen molar-refractivity contribution in [3.8, 4) is 0 Å². The number of nitrogens with two attached hydrogens (primary N) is 2. The highest BCUT2D eigenvalue weighted by Crippen LogP contribution is 2.19. The number of sulfonamides is 1. The highest BCUT2D eigenvalue weighted by Gasteiger charge is 2.09. The lowest BCUT2D eigenvalue weighted by molar-refractivity contribution is 0.598. The highest BCUT2D eigenvalue weighted by molar-refractivity contribution is 7.89. The predicted octanol–water partition coefficient (Wildman–Crippen LogP) is 0.868. The second-order valence-corrected chi connectivity index (χ2v) is 4.47. The molecule has 0 atom stereocenters. The van der Waals surface area contributed by atoms with Crippen molar-refractivity contribution in [2.45, 2.75) is 11.4 Å². The number of halogens is 2. The molecule has 80 valence electrons. The van der Waals surface area contributed by atoms with Crippen molar-refractivity contribution in [1.29, 1.82) is 0 Å². The molecule has 0 spiro atoms. The lowest BCUT2D eigenvalue weighted by atomic mass is 10.2. The Morgan fingerprint density at radius 3 is 2.29 bits per heavy atom. The van der Waals surface area contributed by atoms with Crippen molar-refractivity contribution in [2.24, 2.45) is 10.9 Å². The Morgan fingerprint density at radius 2 is 1.93 bits per heavy atom. The molecule has 4 nitrogen and oxygen atoms in total. The van der Waals surface area contributed by atoms with Gasteiger partial charge in [0.1, 0.15) is 0 Å². The van der Waals surface area contributed by atoms with Gasteiger partial charge in [0.15, 0.2) is 0 Å². The van der Waals surface area contributed by atoms with Crippen LogP contribution in [0, 0.1) is 0 Å². The van der Waals surface area contributed by atoms with Gasteiger partial charge in [-0.1, -0.05) is 17.7 Å². The van der Waals surface area contributed by atoms with Gasteiger partial charge in [0.05, 0.1) is 4.90 Å². The van der Waals surface area contributed by atoms with Crippen LogP contribution >= 0.6 is 24.0 Å². The van der Waals surface area contributed by atoms with Crippen LogP contribution < -0.4 is 10.9 Å². The third-order valence-electron chi connectivity index (χ3n) is 1.57. The topological polar surface area (TPSA) is 86.2 Å². The van der Waals surface area contributed by atoms with Crippen LogP contribution in [0.3, 0.4) is 0 Å². The first-order valence-corrected chi connectivity index (χ1v) is 5.39. The number of hydrogen-bond acceptors (Lipinski definition) is 3. The van der Waals surface area contributed by atoms with Crippen LogP contribution in [-0.4, -0.2) is 8.42 Å². The maximum atomic E-state index is 10.9. The first kappa shape index (κ1) is 13.7. The van der Waals surface area contributed by atoms with Crippen molar-refractivity contribution < 1.29 is 8.42 Å². The Bertz CT molecular complexity index is 420. The van der Waals surface area contributed by atoms with E-state index in [1.165, 1.54) is 12.1 Å². The maximum Gasteiger partial charge on any atom is 0.238 e. The predicted molar refractivity (Wildman–Crippen MR) is 58.0 cm³/mol. The van der Waals surface area contributed by atoms with Gasteiger partial charge in [-0.15, -0.1) is 12.4 Å². The largest absolute Gasteiger partial charge is 0.326 e. The Hall–Kier alpha value is -0.330. The summed E-state index contributed by atoms with van der Waals surface area (Å²) < 4.78 is 21.7. The molecule has 0 heterocycles. The molecule has 4 N–H and O–H groups in total. The molecule has 0 aliphatic heterocycles. The Balaban J connectivity index is 0.00000169. The van der Waals surface area contributed by atoms with Gasteiger partial charge < -0.3 is 5.73 Å². The number of benzene rings is 1. The van der Waals surface area contributed by atoms with E-state index in [1.807, 2.05) is 0 Å². The molecular formula is C7H10Cl2N2O2S. The second kappa shape index (κ2) is 4.95. The molecule has 0 aromatic heterocycles. The molecule has 0 radical (unpaired) electrons. The monoisotopic (exact) mass is 256 g/mol. The van der Waals surface area contributed by atoms with Gasteiger partial charge in [-0.05, 0) is 17.7 Å². The van der Waals surface area contributed by atoms with Crippen LogP contribution in [-0.2, 0) is 16.6 Å². The van der Waals surface area contributed by atoms with Crippen LogP contribution in [0.4, 0.5) is 0 Å². The quantitative estimate of drug-likeness (QED) is 0.824. The van der Waals surface area contributed by atoms with Gasteiger partial charge in [0.2, 0.25) is 10.0 Å². The van der Waals surface area contributed by atoms with E-state index in [0.717, 1.165) is 0 Å².